The molecule has 0 heterocycles. The molecule has 1 aromatic carbocycles. The minimum absolute atomic E-state index is 0.131. The fourth-order valence-corrected chi connectivity index (χ4v) is 2.40. The predicted molar refractivity (Wildman–Crippen MR) is 87.6 cm³/mol. The Labute approximate surface area is 128 Å². The van der Waals surface area contributed by atoms with E-state index in [0.717, 1.165) is 24.6 Å². The maximum Gasteiger partial charge on any atom is 0.0465 e. The highest BCUT2D eigenvalue weighted by molar-refractivity contribution is 6.30. The van der Waals surface area contributed by atoms with Gasteiger partial charge in [-0.15, -0.1) is 0 Å². The van der Waals surface area contributed by atoms with Crippen LogP contribution in [0.4, 0.5) is 0 Å². The zero-order chi connectivity index (χ0) is 15.2. The molecule has 2 nitrogen and oxygen atoms in total. The average molecular weight is 298 g/mol. The van der Waals surface area contributed by atoms with Crippen molar-refractivity contribution >= 4 is 11.6 Å². The van der Waals surface area contributed by atoms with Crippen LogP contribution in [0.3, 0.4) is 0 Å². The molecule has 0 aliphatic carbocycles. The quantitative estimate of drug-likeness (QED) is 0.801. The second kappa shape index (κ2) is 8.02. The molecular weight excluding hydrogens is 270 g/mol. The van der Waals surface area contributed by atoms with Gasteiger partial charge in [0.05, 0.1) is 0 Å². The van der Waals surface area contributed by atoms with Gasteiger partial charge in [0.15, 0.2) is 0 Å². The summed E-state index contributed by atoms with van der Waals surface area (Å²) < 4.78 is 5.22. The van der Waals surface area contributed by atoms with Crippen molar-refractivity contribution in [3.63, 3.8) is 0 Å². The molecule has 1 N–H and O–H groups in total. The highest BCUT2D eigenvalue weighted by Gasteiger charge is 2.21. The molecule has 0 fully saturated rings. The zero-order valence-corrected chi connectivity index (χ0v) is 14.1. The van der Waals surface area contributed by atoms with E-state index in [2.05, 4.69) is 45.1 Å². The van der Waals surface area contributed by atoms with Crippen molar-refractivity contribution in [2.75, 3.05) is 20.3 Å². The van der Waals surface area contributed by atoms with E-state index in [0.29, 0.717) is 11.8 Å². The average Bonchev–Trinajstić information content (AvgIpc) is 2.37. The predicted octanol–water partition coefficient (Wildman–Crippen LogP) is 4.48. The van der Waals surface area contributed by atoms with Crippen LogP contribution in [0.25, 0.3) is 0 Å². The number of methoxy groups -OCH3 is 1. The van der Waals surface area contributed by atoms with Crippen LogP contribution in [0.2, 0.25) is 5.02 Å². The van der Waals surface area contributed by atoms with Crippen molar-refractivity contribution in [3.8, 4) is 0 Å². The first-order valence-electron chi connectivity index (χ1n) is 7.33. The highest BCUT2D eigenvalue weighted by Crippen LogP contribution is 2.28. The maximum atomic E-state index is 5.99. The summed E-state index contributed by atoms with van der Waals surface area (Å²) in [4.78, 5) is 0. The molecule has 0 spiro atoms. The number of benzene rings is 1. The number of halogens is 1. The molecular formula is C17H28ClNO. The SMILES string of the molecule is COCCC(C)C(CNC(C)(C)C)c1ccc(Cl)cc1. The van der Waals surface area contributed by atoms with Crippen LogP contribution < -0.4 is 5.32 Å². The van der Waals surface area contributed by atoms with Crippen LogP contribution in [-0.2, 0) is 4.74 Å². The molecule has 1 aromatic rings. The van der Waals surface area contributed by atoms with E-state index < -0.39 is 0 Å². The van der Waals surface area contributed by atoms with Crippen molar-refractivity contribution < 1.29 is 4.74 Å². The van der Waals surface area contributed by atoms with E-state index >= 15 is 0 Å². The van der Waals surface area contributed by atoms with Gasteiger partial charge in [0.1, 0.15) is 0 Å². The Morgan fingerprint density at radius 2 is 1.80 bits per heavy atom. The van der Waals surface area contributed by atoms with E-state index in [1.54, 1.807) is 7.11 Å². The third-order valence-electron chi connectivity index (χ3n) is 3.61. The number of hydrogen-bond donors (Lipinski definition) is 1. The van der Waals surface area contributed by atoms with Gasteiger partial charge in [-0.25, -0.2) is 0 Å². The molecule has 1 rings (SSSR count). The lowest BCUT2D eigenvalue weighted by Gasteiger charge is -2.29. The Hall–Kier alpha value is -0.570. The number of nitrogens with one attached hydrogen (secondary N) is 1. The molecule has 3 heteroatoms. The fourth-order valence-electron chi connectivity index (χ4n) is 2.28. The lowest BCUT2D eigenvalue weighted by molar-refractivity contribution is 0.172. The van der Waals surface area contributed by atoms with Gasteiger partial charge < -0.3 is 10.1 Å². The topological polar surface area (TPSA) is 21.3 Å². The van der Waals surface area contributed by atoms with E-state index in [-0.39, 0.29) is 5.54 Å². The first kappa shape index (κ1) is 17.5. The summed E-state index contributed by atoms with van der Waals surface area (Å²) in [5, 5.41) is 4.41. The first-order valence-corrected chi connectivity index (χ1v) is 7.70. The van der Waals surface area contributed by atoms with Crippen LogP contribution in [0.5, 0.6) is 0 Å². The lowest BCUT2D eigenvalue weighted by atomic mass is 9.84. The molecule has 0 saturated carbocycles. The van der Waals surface area contributed by atoms with Gasteiger partial charge in [-0.1, -0.05) is 30.7 Å². The summed E-state index contributed by atoms with van der Waals surface area (Å²) in [5.41, 5.74) is 1.47. The molecule has 2 unspecified atom stereocenters. The van der Waals surface area contributed by atoms with Gasteiger partial charge in [0, 0.05) is 30.8 Å². The van der Waals surface area contributed by atoms with Crippen molar-refractivity contribution in [2.45, 2.75) is 45.6 Å². The zero-order valence-electron chi connectivity index (χ0n) is 13.4. The summed E-state index contributed by atoms with van der Waals surface area (Å²) in [6.45, 7) is 10.7. The fraction of sp³-hybridized carbons (Fsp3) is 0.647. The molecule has 0 amide bonds. The molecule has 0 saturated heterocycles. The largest absolute Gasteiger partial charge is 0.385 e. The van der Waals surface area contributed by atoms with E-state index in [4.69, 9.17) is 16.3 Å². The highest BCUT2D eigenvalue weighted by atomic mass is 35.5. The summed E-state index contributed by atoms with van der Waals surface area (Å²) in [5.74, 6) is 1.03. The van der Waals surface area contributed by atoms with E-state index in [9.17, 15) is 0 Å². The second-order valence-corrected chi connectivity index (χ2v) is 6.98. The van der Waals surface area contributed by atoms with Crippen molar-refractivity contribution in [3.05, 3.63) is 34.9 Å². The molecule has 114 valence electrons. The summed E-state index contributed by atoms with van der Waals surface area (Å²) in [6, 6.07) is 8.23. The number of rotatable bonds is 7. The van der Waals surface area contributed by atoms with Crippen molar-refractivity contribution in [1.82, 2.24) is 5.32 Å². The maximum absolute atomic E-state index is 5.99. The summed E-state index contributed by atoms with van der Waals surface area (Å²) in [7, 11) is 1.76. The molecule has 2 atom stereocenters. The molecule has 0 aliphatic rings. The minimum atomic E-state index is 0.131. The first-order chi connectivity index (χ1) is 9.33. The smallest absolute Gasteiger partial charge is 0.0465 e. The van der Waals surface area contributed by atoms with Crippen LogP contribution in [-0.4, -0.2) is 25.8 Å². The third-order valence-corrected chi connectivity index (χ3v) is 3.87. The second-order valence-electron chi connectivity index (χ2n) is 6.55. The van der Waals surface area contributed by atoms with E-state index in [1.165, 1.54) is 5.56 Å². The van der Waals surface area contributed by atoms with Gasteiger partial charge >= 0.3 is 0 Å². The number of ether oxygens (including phenoxy) is 1. The summed E-state index contributed by atoms with van der Waals surface area (Å²) >= 11 is 5.99. The van der Waals surface area contributed by atoms with Crippen LogP contribution in [0.15, 0.2) is 24.3 Å². The third kappa shape index (κ3) is 6.25. The van der Waals surface area contributed by atoms with E-state index in [1.807, 2.05) is 12.1 Å². The molecule has 0 radical (unpaired) electrons. The molecule has 0 bridgehead atoms. The summed E-state index contributed by atoms with van der Waals surface area (Å²) in [6.07, 6.45) is 1.07. The normalized spacial score (nSPS) is 15.1. The van der Waals surface area contributed by atoms with Gasteiger partial charge in [0.2, 0.25) is 0 Å². The van der Waals surface area contributed by atoms with Gasteiger partial charge in [-0.05, 0) is 56.7 Å². The molecule has 20 heavy (non-hydrogen) atoms. The Kier molecular flexibility index (Phi) is 7.01. The Balaban J connectivity index is 2.80. The standard InChI is InChI=1S/C17H28ClNO/c1-13(10-11-20-5)16(12-19-17(2,3)4)14-6-8-15(18)9-7-14/h6-9,13,16,19H,10-12H2,1-5H3. The van der Waals surface area contributed by atoms with Crippen LogP contribution in [0.1, 0.15) is 45.6 Å². The molecule has 0 aliphatic heterocycles. The van der Waals surface area contributed by atoms with Crippen molar-refractivity contribution in [2.24, 2.45) is 5.92 Å². The lowest BCUT2D eigenvalue weighted by Crippen LogP contribution is -2.39. The minimum Gasteiger partial charge on any atom is -0.385 e. The van der Waals surface area contributed by atoms with Gasteiger partial charge in [-0.3, -0.25) is 0 Å². The monoisotopic (exact) mass is 297 g/mol. The Morgan fingerprint density at radius 3 is 2.30 bits per heavy atom. The van der Waals surface area contributed by atoms with Gasteiger partial charge in [-0.2, -0.15) is 0 Å². The Bertz CT molecular complexity index is 383. The molecule has 0 aromatic heterocycles. The van der Waals surface area contributed by atoms with Crippen LogP contribution >= 0.6 is 11.6 Å². The van der Waals surface area contributed by atoms with Crippen LogP contribution in [0, 0.1) is 5.92 Å². The van der Waals surface area contributed by atoms with Gasteiger partial charge in [0.25, 0.3) is 0 Å². The Morgan fingerprint density at radius 1 is 1.20 bits per heavy atom. The van der Waals surface area contributed by atoms with Crippen molar-refractivity contribution in [1.29, 1.82) is 0 Å². The number of hydrogen-bond acceptors (Lipinski definition) is 2.